The van der Waals surface area contributed by atoms with Crippen LogP contribution in [0.15, 0.2) is 31.0 Å². The minimum absolute atomic E-state index is 0.107. The lowest BCUT2D eigenvalue weighted by molar-refractivity contribution is -0.142. The van der Waals surface area contributed by atoms with Crippen LogP contribution >= 0.6 is 0 Å². The predicted octanol–water partition coefficient (Wildman–Crippen LogP) is 2.18. The lowest BCUT2D eigenvalue weighted by Crippen LogP contribution is -2.28. The summed E-state index contributed by atoms with van der Waals surface area (Å²) in [6.07, 6.45) is 2.22. The molecule has 0 saturated heterocycles. The fraction of sp³-hybridized carbons (Fsp3) is 0.308. The van der Waals surface area contributed by atoms with Gasteiger partial charge in [0.15, 0.2) is 0 Å². The zero-order valence-corrected chi connectivity index (χ0v) is 10.8. The molecule has 1 aromatic rings. The van der Waals surface area contributed by atoms with Crippen molar-refractivity contribution in [2.75, 3.05) is 11.9 Å². The van der Waals surface area contributed by atoms with E-state index in [0.717, 1.165) is 0 Å². The minimum atomic E-state index is -1.03. The Hall–Kier alpha value is -2.37. The van der Waals surface area contributed by atoms with E-state index < -0.39 is 17.5 Å². The number of carboxylic acids is 1. The molecule has 1 amide bonds. The highest BCUT2D eigenvalue weighted by Gasteiger charge is 2.29. The summed E-state index contributed by atoms with van der Waals surface area (Å²) in [4.78, 5) is 26.3. The van der Waals surface area contributed by atoms with E-state index in [4.69, 9.17) is 9.84 Å². The molecule has 0 aromatic carbocycles. The number of carbonyl (C=O) groups is 2. The maximum Gasteiger partial charge on any atom is 0.413 e. The van der Waals surface area contributed by atoms with Gasteiger partial charge in [-0.2, -0.15) is 0 Å². The molecule has 0 spiro atoms. The van der Waals surface area contributed by atoms with Gasteiger partial charge >= 0.3 is 12.1 Å². The van der Waals surface area contributed by atoms with E-state index in [1.54, 1.807) is 19.9 Å². The van der Waals surface area contributed by atoms with Crippen molar-refractivity contribution in [1.29, 1.82) is 0 Å². The number of aliphatic carboxylic acids is 1. The molecule has 1 rings (SSSR count). The number of carboxylic acid groups (broad SMARTS) is 1. The van der Waals surface area contributed by atoms with E-state index in [1.165, 1.54) is 18.3 Å². The fourth-order valence-electron chi connectivity index (χ4n) is 1.24. The molecular formula is C13H16N2O4. The molecule has 0 aliphatic rings. The lowest BCUT2D eigenvalue weighted by atomic mass is 9.86. The molecule has 2 N–H and O–H groups in total. The van der Waals surface area contributed by atoms with E-state index in [-0.39, 0.29) is 6.61 Å². The lowest BCUT2D eigenvalue weighted by Gasteiger charge is -2.19. The van der Waals surface area contributed by atoms with Gasteiger partial charge < -0.3 is 9.84 Å². The molecule has 0 unspecified atom stereocenters. The molecule has 0 atom stereocenters. The third-order valence-corrected chi connectivity index (χ3v) is 2.58. The zero-order valence-electron chi connectivity index (χ0n) is 10.8. The van der Waals surface area contributed by atoms with Gasteiger partial charge in [-0.25, -0.2) is 9.78 Å². The summed E-state index contributed by atoms with van der Waals surface area (Å²) >= 11 is 0. The van der Waals surface area contributed by atoms with Gasteiger partial charge in [0, 0.05) is 6.20 Å². The highest BCUT2D eigenvalue weighted by Crippen LogP contribution is 2.23. The molecule has 102 valence electrons. The van der Waals surface area contributed by atoms with Gasteiger partial charge in [-0.1, -0.05) is 18.7 Å². The Kier molecular flexibility index (Phi) is 4.63. The van der Waals surface area contributed by atoms with E-state index in [0.29, 0.717) is 11.4 Å². The van der Waals surface area contributed by atoms with Crippen LogP contribution in [-0.4, -0.2) is 28.8 Å². The number of hydrogen-bond donors (Lipinski definition) is 2. The summed E-state index contributed by atoms with van der Waals surface area (Å²) in [6.45, 7) is 6.69. The number of aromatic nitrogens is 1. The number of nitrogens with one attached hydrogen (secondary N) is 1. The minimum Gasteiger partial charge on any atom is -0.481 e. The van der Waals surface area contributed by atoms with Gasteiger partial charge in [0.05, 0.1) is 5.41 Å². The second-order valence-electron chi connectivity index (χ2n) is 4.37. The van der Waals surface area contributed by atoms with Crippen LogP contribution in [0, 0.1) is 0 Å². The van der Waals surface area contributed by atoms with E-state index in [9.17, 15) is 9.59 Å². The average molecular weight is 264 g/mol. The van der Waals surface area contributed by atoms with Crippen LogP contribution in [0.4, 0.5) is 10.6 Å². The zero-order chi connectivity index (χ0) is 14.5. The first-order chi connectivity index (χ1) is 8.87. The van der Waals surface area contributed by atoms with Gasteiger partial charge in [-0.05, 0) is 25.5 Å². The Morgan fingerprint density at radius 1 is 1.53 bits per heavy atom. The Bertz CT molecular complexity index is 480. The smallest absolute Gasteiger partial charge is 0.413 e. The van der Waals surface area contributed by atoms with Gasteiger partial charge in [0.25, 0.3) is 0 Å². The van der Waals surface area contributed by atoms with Crippen LogP contribution in [0.3, 0.4) is 0 Å². The average Bonchev–Trinajstić information content (AvgIpc) is 2.36. The molecule has 6 heteroatoms. The molecule has 1 aromatic heterocycles. The topological polar surface area (TPSA) is 88.5 Å². The second-order valence-corrected chi connectivity index (χ2v) is 4.37. The molecule has 0 aliphatic heterocycles. The van der Waals surface area contributed by atoms with Crippen LogP contribution in [0.25, 0.3) is 0 Å². The summed E-state index contributed by atoms with van der Waals surface area (Å²) in [5, 5.41) is 11.5. The van der Waals surface area contributed by atoms with Crippen LogP contribution < -0.4 is 5.32 Å². The van der Waals surface area contributed by atoms with E-state index in [1.807, 2.05) is 0 Å². The SMILES string of the molecule is C=CCOC(=O)Nc1ccc(C(C)(C)C(=O)O)cn1. The molecule has 0 bridgehead atoms. The van der Waals surface area contributed by atoms with Crippen LogP contribution in [0.1, 0.15) is 19.4 Å². The van der Waals surface area contributed by atoms with Crippen molar-refractivity contribution in [3.63, 3.8) is 0 Å². The summed E-state index contributed by atoms with van der Waals surface area (Å²) in [5.41, 5.74) is -0.487. The van der Waals surface area contributed by atoms with Crippen molar-refractivity contribution in [1.82, 2.24) is 4.98 Å². The van der Waals surface area contributed by atoms with Crippen LogP contribution in [0.5, 0.6) is 0 Å². The Morgan fingerprint density at radius 3 is 2.68 bits per heavy atom. The van der Waals surface area contributed by atoms with Crippen LogP contribution in [0.2, 0.25) is 0 Å². The first-order valence-corrected chi connectivity index (χ1v) is 5.62. The third kappa shape index (κ3) is 3.80. The largest absolute Gasteiger partial charge is 0.481 e. The Labute approximate surface area is 111 Å². The molecular weight excluding hydrogens is 248 g/mol. The Balaban J connectivity index is 2.74. The van der Waals surface area contributed by atoms with Crippen molar-refractivity contribution in [3.8, 4) is 0 Å². The fourth-order valence-corrected chi connectivity index (χ4v) is 1.24. The number of hydrogen-bond acceptors (Lipinski definition) is 4. The van der Waals surface area contributed by atoms with Gasteiger partial charge in [0.1, 0.15) is 12.4 Å². The highest BCUT2D eigenvalue weighted by molar-refractivity contribution is 5.83. The molecule has 0 radical (unpaired) electrons. The first kappa shape index (κ1) is 14.7. The second kappa shape index (κ2) is 5.99. The van der Waals surface area contributed by atoms with Gasteiger partial charge in [-0.15, -0.1) is 0 Å². The normalized spacial score (nSPS) is 10.6. The van der Waals surface area contributed by atoms with E-state index in [2.05, 4.69) is 16.9 Å². The molecule has 19 heavy (non-hydrogen) atoms. The number of carbonyl (C=O) groups excluding carboxylic acids is 1. The maximum absolute atomic E-state index is 11.2. The summed E-state index contributed by atoms with van der Waals surface area (Å²) < 4.78 is 4.73. The predicted molar refractivity (Wildman–Crippen MR) is 70.1 cm³/mol. The van der Waals surface area contributed by atoms with Crippen molar-refractivity contribution < 1.29 is 19.4 Å². The quantitative estimate of drug-likeness (QED) is 0.796. The number of nitrogens with zero attached hydrogens (tertiary/aromatic N) is 1. The third-order valence-electron chi connectivity index (χ3n) is 2.58. The molecule has 1 heterocycles. The van der Waals surface area contributed by atoms with Crippen molar-refractivity contribution >= 4 is 17.9 Å². The number of ether oxygens (including phenoxy) is 1. The molecule has 0 saturated carbocycles. The van der Waals surface area contributed by atoms with Crippen molar-refractivity contribution in [2.45, 2.75) is 19.3 Å². The number of anilines is 1. The number of pyridine rings is 1. The monoisotopic (exact) mass is 264 g/mol. The van der Waals surface area contributed by atoms with Gasteiger partial charge in [0.2, 0.25) is 0 Å². The van der Waals surface area contributed by atoms with Gasteiger partial charge in [-0.3, -0.25) is 10.1 Å². The standard InChI is InChI=1S/C13H16N2O4/c1-4-7-19-12(18)15-10-6-5-9(8-14-10)13(2,3)11(16)17/h4-6,8H,1,7H2,2-3H3,(H,16,17)(H,14,15,18). The van der Waals surface area contributed by atoms with E-state index >= 15 is 0 Å². The van der Waals surface area contributed by atoms with Crippen molar-refractivity contribution in [2.24, 2.45) is 0 Å². The first-order valence-electron chi connectivity index (χ1n) is 5.62. The summed E-state index contributed by atoms with van der Waals surface area (Å²) in [6, 6.07) is 3.12. The highest BCUT2D eigenvalue weighted by atomic mass is 16.5. The van der Waals surface area contributed by atoms with Crippen molar-refractivity contribution in [3.05, 3.63) is 36.5 Å². The molecule has 6 nitrogen and oxygen atoms in total. The number of rotatable bonds is 5. The Morgan fingerprint density at radius 2 is 2.21 bits per heavy atom. The number of amides is 1. The summed E-state index contributed by atoms with van der Waals surface area (Å²) in [7, 11) is 0. The summed E-state index contributed by atoms with van der Waals surface area (Å²) in [5.74, 6) is -0.653. The maximum atomic E-state index is 11.2. The van der Waals surface area contributed by atoms with Crippen LogP contribution in [-0.2, 0) is 14.9 Å². The molecule has 0 aliphatic carbocycles. The molecule has 0 fully saturated rings.